The van der Waals surface area contributed by atoms with Crippen LogP contribution in [-0.4, -0.2) is 31.9 Å². The Kier molecular flexibility index (Phi) is 8.47. The van der Waals surface area contributed by atoms with E-state index in [1.54, 1.807) is 0 Å². The first-order valence-electron chi connectivity index (χ1n) is 7.45. The van der Waals surface area contributed by atoms with Gasteiger partial charge in [-0.1, -0.05) is 19.1 Å². The molecule has 21 heavy (non-hydrogen) atoms. The van der Waals surface area contributed by atoms with E-state index in [-0.39, 0.29) is 12.1 Å². The highest BCUT2D eigenvalue weighted by Crippen LogP contribution is 2.11. The largest absolute Gasteiger partial charge is 0.376 e. The van der Waals surface area contributed by atoms with Gasteiger partial charge in [0.2, 0.25) is 0 Å². The maximum absolute atomic E-state index is 11.6. The van der Waals surface area contributed by atoms with Gasteiger partial charge in [-0.3, -0.25) is 0 Å². The summed E-state index contributed by atoms with van der Waals surface area (Å²) in [5, 5.41) is 5.58. The number of urea groups is 1. The molecule has 0 aliphatic rings. The van der Waals surface area contributed by atoms with Gasteiger partial charge >= 0.3 is 6.03 Å². The van der Waals surface area contributed by atoms with Crippen molar-refractivity contribution in [1.29, 1.82) is 0 Å². The van der Waals surface area contributed by atoms with Crippen molar-refractivity contribution >= 4 is 11.7 Å². The predicted octanol–water partition coefficient (Wildman–Crippen LogP) is 3.16. The number of amides is 2. The van der Waals surface area contributed by atoms with Gasteiger partial charge in [0.1, 0.15) is 0 Å². The van der Waals surface area contributed by atoms with Crippen molar-refractivity contribution in [2.75, 3.05) is 25.1 Å². The van der Waals surface area contributed by atoms with E-state index in [1.807, 2.05) is 45.0 Å². The molecule has 2 amide bonds. The molecule has 0 heterocycles. The summed E-state index contributed by atoms with van der Waals surface area (Å²) in [6, 6.07) is 7.46. The van der Waals surface area contributed by atoms with Crippen molar-refractivity contribution in [2.45, 2.75) is 39.9 Å². The van der Waals surface area contributed by atoms with E-state index in [0.717, 1.165) is 17.7 Å². The molecule has 0 atom stereocenters. The number of carbonyl (C=O) groups is 1. The first-order valence-corrected chi connectivity index (χ1v) is 7.45. The lowest BCUT2D eigenvalue weighted by molar-refractivity contribution is 0.0143. The Hall–Kier alpha value is -1.59. The van der Waals surface area contributed by atoms with E-state index in [2.05, 4.69) is 10.6 Å². The zero-order valence-corrected chi connectivity index (χ0v) is 13.1. The fourth-order valence-electron chi connectivity index (χ4n) is 1.69. The molecule has 0 unspecified atom stereocenters. The van der Waals surface area contributed by atoms with Crippen LogP contribution >= 0.6 is 0 Å². The summed E-state index contributed by atoms with van der Waals surface area (Å²) in [7, 11) is 0. The maximum atomic E-state index is 11.6. The summed E-state index contributed by atoms with van der Waals surface area (Å²) >= 11 is 0. The van der Waals surface area contributed by atoms with Crippen molar-refractivity contribution in [2.24, 2.45) is 0 Å². The molecule has 1 aromatic carbocycles. The van der Waals surface area contributed by atoms with Crippen molar-refractivity contribution in [3.63, 3.8) is 0 Å². The molecular formula is C16H26N2O3. The van der Waals surface area contributed by atoms with E-state index in [1.165, 1.54) is 0 Å². The van der Waals surface area contributed by atoms with Crippen molar-refractivity contribution in [3.05, 3.63) is 29.8 Å². The Morgan fingerprint density at radius 1 is 1.29 bits per heavy atom. The van der Waals surface area contributed by atoms with E-state index in [4.69, 9.17) is 9.47 Å². The van der Waals surface area contributed by atoms with Crippen LogP contribution in [0, 0.1) is 0 Å². The smallest absolute Gasteiger partial charge is 0.319 e. The summed E-state index contributed by atoms with van der Waals surface area (Å²) in [5.74, 6) is 0. The Bertz CT molecular complexity index is 422. The highest BCUT2D eigenvalue weighted by atomic mass is 16.5. The fourth-order valence-corrected chi connectivity index (χ4v) is 1.69. The number of benzene rings is 1. The SMILES string of the molecule is CCCNC(=O)Nc1cccc(COCCOC(C)C)c1. The molecular weight excluding hydrogens is 268 g/mol. The van der Waals surface area contributed by atoms with E-state index >= 15 is 0 Å². The number of anilines is 1. The number of hydrogen-bond acceptors (Lipinski definition) is 3. The summed E-state index contributed by atoms with van der Waals surface area (Å²) in [5.41, 5.74) is 1.79. The number of nitrogens with one attached hydrogen (secondary N) is 2. The average molecular weight is 294 g/mol. The Morgan fingerprint density at radius 3 is 2.81 bits per heavy atom. The Balaban J connectivity index is 2.33. The molecule has 1 rings (SSSR count). The van der Waals surface area contributed by atoms with Gasteiger partial charge in [0.15, 0.2) is 0 Å². The second-order valence-corrected chi connectivity index (χ2v) is 5.05. The Labute approximate surface area is 127 Å². The van der Waals surface area contributed by atoms with Crippen LogP contribution in [0.3, 0.4) is 0 Å². The lowest BCUT2D eigenvalue weighted by atomic mass is 10.2. The van der Waals surface area contributed by atoms with Gasteiger partial charge in [0, 0.05) is 12.2 Å². The zero-order valence-electron chi connectivity index (χ0n) is 13.1. The lowest BCUT2D eigenvalue weighted by Gasteiger charge is -2.10. The van der Waals surface area contributed by atoms with Crippen LogP contribution in [0.25, 0.3) is 0 Å². The number of rotatable bonds is 9. The van der Waals surface area contributed by atoms with Crippen molar-refractivity contribution in [1.82, 2.24) is 5.32 Å². The van der Waals surface area contributed by atoms with Crippen LogP contribution in [0.1, 0.15) is 32.8 Å². The standard InChI is InChI=1S/C16H26N2O3/c1-4-8-17-16(19)18-15-7-5-6-14(11-15)12-20-9-10-21-13(2)3/h5-7,11,13H,4,8-10,12H2,1-3H3,(H2,17,18,19). The summed E-state index contributed by atoms with van der Waals surface area (Å²) in [4.78, 5) is 11.6. The van der Waals surface area contributed by atoms with Crippen molar-refractivity contribution in [3.8, 4) is 0 Å². The second-order valence-electron chi connectivity index (χ2n) is 5.05. The van der Waals surface area contributed by atoms with Gasteiger partial charge in [0.25, 0.3) is 0 Å². The minimum atomic E-state index is -0.180. The molecule has 0 aromatic heterocycles. The fraction of sp³-hybridized carbons (Fsp3) is 0.562. The van der Waals surface area contributed by atoms with Crippen molar-refractivity contribution < 1.29 is 14.3 Å². The third-order valence-electron chi connectivity index (χ3n) is 2.67. The zero-order chi connectivity index (χ0) is 15.5. The van der Waals surface area contributed by atoms with E-state index in [9.17, 15) is 4.79 Å². The molecule has 0 aliphatic carbocycles. The summed E-state index contributed by atoms with van der Waals surface area (Å²) < 4.78 is 10.9. The summed E-state index contributed by atoms with van der Waals surface area (Å²) in [6.45, 7) is 8.35. The average Bonchev–Trinajstić information content (AvgIpc) is 2.45. The molecule has 0 saturated carbocycles. The first kappa shape index (κ1) is 17.5. The molecule has 118 valence electrons. The molecule has 0 aliphatic heterocycles. The first-order chi connectivity index (χ1) is 10.1. The normalized spacial score (nSPS) is 10.7. The molecule has 0 saturated heterocycles. The van der Waals surface area contributed by atoms with Gasteiger partial charge < -0.3 is 20.1 Å². The van der Waals surface area contributed by atoms with Crippen LogP contribution in [0.15, 0.2) is 24.3 Å². The third-order valence-corrected chi connectivity index (χ3v) is 2.67. The van der Waals surface area contributed by atoms with Crippen LogP contribution in [0.2, 0.25) is 0 Å². The summed E-state index contributed by atoms with van der Waals surface area (Å²) in [6.07, 6.45) is 1.14. The van der Waals surface area contributed by atoms with Gasteiger partial charge in [0.05, 0.1) is 25.9 Å². The van der Waals surface area contributed by atoms with Crippen LogP contribution in [0.5, 0.6) is 0 Å². The lowest BCUT2D eigenvalue weighted by Crippen LogP contribution is -2.29. The number of hydrogen-bond donors (Lipinski definition) is 2. The Morgan fingerprint density at radius 2 is 2.10 bits per heavy atom. The van der Waals surface area contributed by atoms with Gasteiger partial charge in [-0.05, 0) is 38.0 Å². The predicted molar refractivity (Wildman–Crippen MR) is 84.5 cm³/mol. The van der Waals surface area contributed by atoms with Gasteiger partial charge in [-0.15, -0.1) is 0 Å². The molecule has 1 aromatic rings. The molecule has 2 N–H and O–H groups in total. The molecule has 0 fully saturated rings. The van der Waals surface area contributed by atoms with Gasteiger partial charge in [-0.25, -0.2) is 4.79 Å². The highest BCUT2D eigenvalue weighted by Gasteiger charge is 2.02. The van der Waals surface area contributed by atoms with E-state index in [0.29, 0.717) is 26.4 Å². The van der Waals surface area contributed by atoms with Crippen LogP contribution in [-0.2, 0) is 16.1 Å². The maximum Gasteiger partial charge on any atom is 0.319 e. The molecule has 5 nitrogen and oxygen atoms in total. The molecule has 0 bridgehead atoms. The molecule has 0 spiro atoms. The van der Waals surface area contributed by atoms with Crippen LogP contribution in [0.4, 0.5) is 10.5 Å². The molecule has 5 heteroatoms. The van der Waals surface area contributed by atoms with Crippen LogP contribution < -0.4 is 10.6 Å². The third kappa shape index (κ3) is 8.32. The van der Waals surface area contributed by atoms with Gasteiger partial charge in [-0.2, -0.15) is 0 Å². The second kappa shape index (κ2) is 10.2. The number of carbonyl (C=O) groups excluding carboxylic acids is 1. The monoisotopic (exact) mass is 294 g/mol. The minimum Gasteiger partial charge on any atom is -0.376 e. The molecule has 0 radical (unpaired) electrons. The highest BCUT2D eigenvalue weighted by molar-refractivity contribution is 5.89. The topological polar surface area (TPSA) is 59.6 Å². The number of ether oxygens (including phenoxy) is 2. The quantitative estimate of drug-likeness (QED) is 0.688. The van der Waals surface area contributed by atoms with E-state index < -0.39 is 0 Å². The minimum absolute atomic E-state index is 0.180.